The summed E-state index contributed by atoms with van der Waals surface area (Å²) in [7, 11) is -1.71. The van der Waals surface area contributed by atoms with Crippen molar-refractivity contribution in [2.75, 3.05) is 14.2 Å². The standard InChI is InChI=1S/C22H19F3N2O4S/c1-13-10-20(22(28)27(2)31-3)26-12-18(13)21(17-11-15(24)6-9-19(17)25)32(29,30)16-7-4-14(23)5-8-16/h4-12,21H,1-3H3. The lowest BCUT2D eigenvalue weighted by Crippen LogP contribution is -2.26. The van der Waals surface area contributed by atoms with Gasteiger partial charge >= 0.3 is 0 Å². The van der Waals surface area contributed by atoms with Crippen molar-refractivity contribution in [3.63, 3.8) is 0 Å². The number of amides is 1. The highest BCUT2D eigenvalue weighted by atomic mass is 32.2. The summed E-state index contributed by atoms with van der Waals surface area (Å²) in [5.41, 5.74) is -0.136. The second-order valence-corrected chi connectivity index (χ2v) is 8.99. The summed E-state index contributed by atoms with van der Waals surface area (Å²) in [5, 5.41) is -0.763. The predicted octanol–water partition coefficient (Wildman–Crippen LogP) is 4.00. The van der Waals surface area contributed by atoms with Gasteiger partial charge in [-0.2, -0.15) is 0 Å². The minimum atomic E-state index is -4.37. The summed E-state index contributed by atoms with van der Waals surface area (Å²) < 4.78 is 69.0. The van der Waals surface area contributed by atoms with Crippen molar-refractivity contribution >= 4 is 15.7 Å². The van der Waals surface area contributed by atoms with Crippen molar-refractivity contribution in [2.24, 2.45) is 0 Å². The summed E-state index contributed by atoms with van der Waals surface area (Å²) >= 11 is 0. The summed E-state index contributed by atoms with van der Waals surface area (Å²) in [5.74, 6) is -3.02. The smallest absolute Gasteiger partial charge is 0.274 e. The van der Waals surface area contributed by atoms with Crippen molar-refractivity contribution in [1.29, 1.82) is 0 Å². The number of aryl methyl sites for hydroxylation is 1. The molecule has 0 radical (unpaired) electrons. The van der Waals surface area contributed by atoms with Crippen LogP contribution in [0.15, 0.2) is 59.6 Å². The lowest BCUT2D eigenvalue weighted by Gasteiger charge is -2.22. The number of hydrogen-bond donors (Lipinski definition) is 0. The first-order chi connectivity index (χ1) is 15.1. The summed E-state index contributed by atoms with van der Waals surface area (Å²) in [6, 6.07) is 7.82. The third-order valence-corrected chi connectivity index (χ3v) is 6.96. The molecule has 32 heavy (non-hydrogen) atoms. The third-order valence-electron chi connectivity index (χ3n) is 4.91. The van der Waals surface area contributed by atoms with E-state index in [0.29, 0.717) is 5.56 Å². The van der Waals surface area contributed by atoms with Crippen LogP contribution < -0.4 is 0 Å². The molecule has 6 nitrogen and oxygen atoms in total. The summed E-state index contributed by atoms with van der Waals surface area (Å²) in [6.07, 6.45) is 1.13. The van der Waals surface area contributed by atoms with Gasteiger partial charge in [0.05, 0.1) is 12.0 Å². The molecule has 1 amide bonds. The van der Waals surface area contributed by atoms with Crippen LogP contribution in [0.1, 0.15) is 32.4 Å². The second kappa shape index (κ2) is 9.09. The number of aromatic nitrogens is 1. The van der Waals surface area contributed by atoms with E-state index in [-0.39, 0.29) is 16.2 Å². The van der Waals surface area contributed by atoms with Gasteiger partial charge in [-0.25, -0.2) is 26.7 Å². The molecule has 1 atom stereocenters. The fourth-order valence-electron chi connectivity index (χ4n) is 3.18. The van der Waals surface area contributed by atoms with Crippen LogP contribution >= 0.6 is 0 Å². The molecule has 0 bridgehead atoms. The van der Waals surface area contributed by atoms with E-state index < -0.39 is 44.0 Å². The summed E-state index contributed by atoms with van der Waals surface area (Å²) in [4.78, 5) is 20.9. The Morgan fingerprint density at radius 1 is 1.00 bits per heavy atom. The van der Waals surface area contributed by atoms with E-state index in [4.69, 9.17) is 4.84 Å². The highest BCUT2D eigenvalue weighted by molar-refractivity contribution is 7.92. The van der Waals surface area contributed by atoms with Gasteiger partial charge in [0.2, 0.25) is 0 Å². The van der Waals surface area contributed by atoms with Crippen molar-refractivity contribution < 1.29 is 31.2 Å². The van der Waals surface area contributed by atoms with Crippen LogP contribution in [0.5, 0.6) is 0 Å². The quantitative estimate of drug-likeness (QED) is 0.407. The first-order valence-corrected chi connectivity index (χ1v) is 10.8. The number of sulfone groups is 1. The van der Waals surface area contributed by atoms with Crippen LogP contribution in [-0.4, -0.2) is 38.5 Å². The van der Waals surface area contributed by atoms with E-state index in [1.807, 2.05) is 0 Å². The number of pyridine rings is 1. The third kappa shape index (κ3) is 4.51. The number of hydroxylamine groups is 2. The first kappa shape index (κ1) is 23.4. The molecule has 3 aromatic rings. The van der Waals surface area contributed by atoms with Gasteiger partial charge in [-0.1, -0.05) is 0 Å². The van der Waals surface area contributed by atoms with Gasteiger partial charge in [0.15, 0.2) is 9.84 Å². The number of rotatable bonds is 6. The molecule has 1 unspecified atom stereocenters. The zero-order chi connectivity index (χ0) is 23.6. The number of halogens is 3. The molecule has 1 heterocycles. The first-order valence-electron chi connectivity index (χ1n) is 9.29. The zero-order valence-corrected chi connectivity index (χ0v) is 18.2. The largest absolute Gasteiger partial charge is 0.295 e. The molecule has 10 heteroatoms. The number of carbonyl (C=O) groups is 1. The van der Waals surface area contributed by atoms with Gasteiger partial charge in [-0.3, -0.25) is 14.6 Å². The normalized spacial score (nSPS) is 12.4. The molecule has 168 valence electrons. The van der Waals surface area contributed by atoms with Crippen LogP contribution in [0, 0.1) is 24.4 Å². The van der Waals surface area contributed by atoms with E-state index >= 15 is 0 Å². The lowest BCUT2D eigenvalue weighted by atomic mass is 10.0. The maximum atomic E-state index is 14.7. The van der Waals surface area contributed by atoms with Crippen LogP contribution in [0.2, 0.25) is 0 Å². The molecule has 0 saturated heterocycles. The number of carbonyl (C=O) groups excluding carboxylic acids is 1. The number of hydrogen-bond acceptors (Lipinski definition) is 5. The molecule has 2 aromatic carbocycles. The van der Waals surface area contributed by atoms with E-state index in [1.165, 1.54) is 27.1 Å². The SMILES string of the molecule is CON(C)C(=O)c1cc(C)c(C(c2cc(F)ccc2F)S(=O)(=O)c2ccc(F)cc2)cn1. The maximum absolute atomic E-state index is 14.7. The maximum Gasteiger partial charge on any atom is 0.295 e. The highest BCUT2D eigenvalue weighted by Gasteiger charge is 2.35. The Bertz CT molecular complexity index is 1260. The van der Waals surface area contributed by atoms with Crippen LogP contribution in [0.25, 0.3) is 0 Å². The van der Waals surface area contributed by atoms with E-state index in [9.17, 15) is 26.4 Å². The van der Waals surface area contributed by atoms with Crippen LogP contribution in [0.3, 0.4) is 0 Å². The lowest BCUT2D eigenvalue weighted by molar-refractivity contribution is -0.0760. The van der Waals surface area contributed by atoms with Gasteiger partial charge in [0.1, 0.15) is 28.4 Å². The fourth-order valence-corrected chi connectivity index (χ4v) is 5.06. The number of benzene rings is 2. The Balaban J connectivity index is 2.23. The number of nitrogens with zero attached hydrogens (tertiary/aromatic N) is 2. The van der Waals surface area contributed by atoms with Crippen molar-refractivity contribution in [3.05, 3.63) is 94.6 Å². The Morgan fingerprint density at radius 2 is 1.62 bits per heavy atom. The molecular formula is C22H19F3N2O4S. The molecule has 0 spiro atoms. The van der Waals surface area contributed by atoms with E-state index in [1.54, 1.807) is 0 Å². The molecule has 0 aliphatic heterocycles. The van der Waals surface area contributed by atoms with Crippen molar-refractivity contribution in [2.45, 2.75) is 17.1 Å². The fraction of sp³-hybridized carbons (Fsp3) is 0.182. The molecule has 0 aliphatic carbocycles. The monoisotopic (exact) mass is 464 g/mol. The van der Waals surface area contributed by atoms with Crippen molar-refractivity contribution in [1.82, 2.24) is 10.0 Å². The molecule has 1 aromatic heterocycles. The molecule has 0 aliphatic rings. The Morgan fingerprint density at radius 3 is 2.22 bits per heavy atom. The van der Waals surface area contributed by atoms with Gasteiger partial charge < -0.3 is 0 Å². The van der Waals surface area contributed by atoms with Gasteiger partial charge in [0.25, 0.3) is 5.91 Å². The van der Waals surface area contributed by atoms with Gasteiger partial charge in [-0.05, 0) is 66.6 Å². The second-order valence-electron chi connectivity index (χ2n) is 6.96. The Kier molecular flexibility index (Phi) is 6.65. The molecule has 0 saturated carbocycles. The average molecular weight is 464 g/mol. The predicted molar refractivity (Wildman–Crippen MR) is 110 cm³/mol. The highest BCUT2D eigenvalue weighted by Crippen LogP contribution is 2.38. The average Bonchev–Trinajstić information content (AvgIpc) is 2.76. The Hall–Kier alpha value is -3.24. The minimum Gasteiger partial charge on any atom is -0.274 e. The topological polar surface area (TPSA) is 76.6 Å². The van der Waals surface area contributed by atoms with E-state index in [0.717, 1.165) is 53.7 Å². The molecule has 0 fully saturated rings. The van der Waals surface area contributed by atoms with Crippen molar-refractivity contribution in [3.8, 4) is 0 Å². The minimum absolute atomic E-state index is 0.0340. The summed E-state index contributed by atoms with van der Waals surface area (Å²) in [6.45, 7) is 1.52. The van der Waals surface area contributed by atoms with Crippen LogP contribution in [-0.2, 0) is 14.7 Å². The van der Waals surface area contributed by atoms with E-state index in [2.05, 4.69) is 4.98 Å². The van der Waals surface area contributed by atoms with Crippen LogP contribution in [0.4, 0.5) is 13.2 Å². The van der Waals surface area contributed by atoms with Gasteiger partial charge in [0, 0.05) is 18.8 Å². The van der Waals surface area contributed by atoms with Gasteiger partial charge in [-0.15, -0.1) is 0 Å². The Labute approximate surface area is 183 Å². The molecule has 0 N–H and O–H groups in total. The zero-order valence-electron chi connectivity index (χ0n) is 17.3. The molecular weight excluding hydrogens is 445 g/mol. The molecule has 3 rings (SSSR count).